The van der Waals surface area contributed by atoms with E-state index in [0.717, 1.165) is 16.9 Å². The number of carbonyl (C=O) groups is 1. The van der Waals surface area contributed by atoms with Crippen molar-refractivity contribution in [3.8, 4) is 16.9 Å². The number of para-hydroxylation sites is 1. The molecule has 2 unspecified atom stereocenters. The van der Waals surface area contributed by atoms with Crippen LogP contribution in [0.5, 0.6) is 5.75 Å². The Balaban J connectivity index is 1.28. The maximum Gasteiger partial charge on any atom is 0.223 e. The first kappa shape index (κ1) is 18.2. The van der Waals surface area contributed by atoms with Crippen LogP contribution in [-0.4, -0.2) is 19.1 Å². The Labute approximate surface area is 164 Å². The number of halogens is 1. The standard InChI is InChI=1S/C24H22FNO2/c25-22-12-6-4-11-19(22)20-16-21(20)24(27)26-14-15-28-23-13-7-5-10-18(23)17-8-2-1-3-9-17/h1-13,20-21H,14-16H2,(H,26,27). The molecule has 0 heterocycles. The van der Waals surface area contributed by atoms with E-state index in [4.69, 9.17) is 4.74 Å². The van der Waals surface area contributed by atoms with Crippen molar-refractivity contribution in [2.24, 2.45) is 5.92 Å². The molecule has 1 aliphatic carbocycles. The third-order valence-electron chi connectivity index (χ3n) is 5.06. The minimum atomic E-state index is -0.233. The van der Waals surface area contributed by atoms with Gasteiger partial charge in [0.1, 0.15) is 18.2 Å². The van der Waals surface area contributed by atoms with Gasteiger partial charge in [-0.1, -0.05) is 66.7 Å². The lowest BCUT2D eigenvalue weighted by atomic mass is 10.1. The fourth-order valence-corrected chi connectivity index (χ4v) is 3.52. The van der Waals surface area contributed by atoms with E-state index in [1.807, 2.05) is 60.7 Å². The SMILES string of the molecule is O=C(NCCOc1ccccc1-c1ccccc1)C1CC1c1ccccc1F. The highest BCUT2D eigenvalue weighted by molar-refractivity contribution is 5.82. The zero-order chi connectivity index (χ0) is 19.3. The second-order valence-corrected chi connectivity index (χ2v) is 6.97. The number of carbonyl (C=O) groups excluding carboxylic acids is 1. The second-order valence-electron chi connectivity index (χ2n) is 6.97. The molecule has 28 heavy (non-hydrogen) atoms. The molecule has 142 valence electrons. The Morgan fingerprint density at radius 2 is 1.68 bits per heavy atom. The third-order valence-corrected chi connectivity index (χ3v) is 5.06. The van der Waals surface area contributed by atoms with Gasteiger partial charge >= 0.3 is 0 Å². The molecule has 0 bridgehead atoms. The van der Waals surface area contributed by atoms with E-state index in [0.29, 0.717) is 25.1 Å². The summed E-state index contributed by atoms with van der Waals surface area (Å²) in [5, 5.41) is 2.91. The van der Waals surface area contributed by atoms with Crippen molar-refractivity contribution in [1.82, 2.24) is 5.32 Å². The number of ether oxygens (including phenoxy) is 1. The average molecular weight is 375 g/mol. The highest BCUT2D eigenvalue weighted by atomic mass is 19.1. The number of benzene rings is 3. The van der Waals surface area contributed by atoms with Crippen molar-refractivity contribution >= 4 is 5.91 Å². The van der Waals surface area contributed by atoms with Gasteiger partial charge in [-0.15, -0.1) is 0 Å². The summed E-state index contributed by atoms with van der Waals surface area (Å²) in [6, 6.07) is 24.6. The molecule has 1 fully saturated rings. The molecule has 0 aromatic heterocycles. The van der Waals surface area contributed by atoms with Gasteiger partial charge in [0, 0.05) is 11.5 Å². The monoisotopic (exact) mass is 375 g/mol. The summed E-state index contributed by atoms with van der Waals surface area (Å²) in [5.74, 6) is 0.366. The lowest BCUT2D eigenvalue weighted by Gasteiger charge is -2.12. The zero-order valence-electron chi connectivity index (χ0n) is 15.5. The predicted molar refractivity (Wildman–Crippen MR) is 108 cm³/mol. The lowest BCUT2D eigenvalue weighted by molar-refractivity contribution is -0.122. The smallest absolute Gasteiger partial charge is 0.223 e. The summed E-state index contributed by atoms with van der Waals surface area (Å²) >= 11 is 0. The first-order chi connectivity index (χ1) is 13.7. The van der Waals surface area contributed by atoms with Crippen LogP contribution in [0.3, 0.4) is 0 Å². The van der Waals surface area contributed by atoms with Gasteiger partial charge < -0.3 is 10.1 Å². The van der Waals surface area contributed by atoms with Crippen LogP contribution in [-0.2, 0) is 4.79 Å². The van der Waals surface area contributed by atoms with Gasteiger partial charge in [-0.3, -0.25) is 4.79 Å². The number of amides is 1. The van der Waals surface area contributed by atoms with Gasteiger partial charge in [0.25, 0.3) is 0 Å². The molecule has 0 spiro atoms. The van der Waals surface area contributed by atoms with Gasteiger partial charge in [0.05, 0.1) is 6.54 Å². The van der Waals surface area contributed by atoms with Gasteiger partial charge in [-0.25, -0.2) is 4.39 Å². The molecular formula is C24H22FNO2. The molecule has 1 N–H and O–H groups in total. The first-order valence-corrected chi connectivity index (χ1v) is 9.53. The van der Waals surface area contributed by atoms with Crippen LogP contribution in [0.25, 0.3) is 11.1 Å². The fourth-order valence-electron chi connectivity index (χ4n) is 3.52. The van der Waals surface area contributed by atoms with Crippen LogP contribution in [0.1, 0.15) is 17.9 Å². The fraction of sp³-hybridized carbons (Fsp3) is 0.208. The number of rotatable bonds is 7. The number of hydrogen-bond donors (Lipinski definition) is 1. The number of hydrogen-bond acceptors (Lipinski definition) is 2. The van der Waals surface area contributed by atoms with Gasteiger partial charge in [-0.05, 0) is 35.6 Å². The van der Waals surface area contributed by atoms with Crippen LogP contribution in [0.2, 0.25) is 0 Å². The lowest BCUT2D eigenvalue weighted by Crippen LogP contribution is -2.29. The largest absolute Gasteiger partial charge is 0.491 e. The number of nitrogens with one attached hydrogen (secondary N) is 1. The van der Waals surface area contributed by atoms with Crippen LogP contribution >= 0.6 is 0 Å². The molecule has 1 amide bonds. The molecule has 3 nitrogen and oxygen atoms in total. The Morgan fingerprint density at radius 1 is 0.964 bits per heavy atom. The van der Waals surface area contributed by atoms with Crippen LogP contribution in [0.4, 0.5) is 4.39 Å². The first-order valence-electron chi connectivity index (χ1n) is 9.53. The van der Waals surface area contributed by atoms with Crippen molar-refractivity contribution in [2.75, 3.05) is 13.2 Å². The van der Waals surface area contributed by atoms with E-state index in [-0.39, 0.29) is 23.6 Å². The Hall–Kier alpha value is -3.14. The topological polar surface area (TPSA) is 38.3 Å². The van der Waals surface area contributed by atoms with E-state index >= 15 is 0 Å². The summed E-state index contributed by atoms with van der Waals surface area (Å²) in [6.07, 6.45) is 0.699. The minimum Gasteiger partial charge on any atom is -0.491 e. The predicted octanol–water partition coefficient (Wildman–Crippen LogP) is 4.79. The Kier molecular flexibility index (Phi) is 5.38. The van der Waals surface area contributed by atoms with E-state index in [1.165, 1.54) is 6.07 Å². The van der Waals surface area contributed by atoms with E-state index in [1.54, 1.807) is 12.1 Å². The van der Waals surface area contributed by atoms with Gasteiger partial charge in [-0.2, -0.15) is 0 Å². The molecule has 4 heteroatoms. The molecule has 1 aliphatic rings. The van der Waals surface area contributed by atoms with Crippen LogP contribution in [0, 0.1) is 11.7 Å². The van der Waals surface area contributed by atoms with Crippen molar-refractivity contribution < 1.29 is 13.9 Å². The quantitative estimate of drug-likeness (QED) is 0.603. The Morgan fingerprint density at radius 3 is 2.50 bits per heavy atom. The molecular weight excluding hydrogens is 353 g/mol. The summed E-state index contributed by atoms with van der Waals surface area (Å²) in [4.78, 5) is 12.3. The minimum absolute atomic E-state index is 0.0130. The molecule has 3 aromatic rings. The van der Waals surface area contributed by atoms with Crippen molar-refractivity contribution in [1.29, 1.82) is 0 Å². The van der Waals surface area contributed by atoms with Crippen molar-refractivity contribution in [2.45, 2.75) is 12.3 Å². The summed E-state index contributed by atoms with van der Waals surface area (Å²) in [7, 11) is 0. The van der Waals surface area contributed by atoms with Crippen molar-refractivity contribution in [3.05, 3.63) is 90.2 Å². The average Bonchev–Trinajstić information content (AvgIpc) is 3.53. The zero-order valence-corrected chi connectivity index (χ0v) is 15.5. The molecule has 1 saturated carbocycles. The van der Waals surface area contributed by atoms with E-state index in [9.17, 15) is 9.18 Å². The van der Waals surface area contributed by atoms with Crippen LogP contribution < -0.4 is 10.1 Å². The summed E-state index contributed by atoms with van der Waals surface area (Å²) < 4.78 is 19.7. The van der Waals surface area contributed by atoms with Crippen LogP contribution in [0.15, 0.2) is 78.9 Å². The Bertz CT molecular complexity index is 958. The molecule has 3 aromatic carbocycles. The molecule has 0 radical (unpaired) electrons. The normalized spacial score (nSPS) is 17.8. The second kappa shape index (κ2) is 8.26. The highest BCUT2D eigenvalue weighted by Gasteiger charge is 2.44. The maximum atomic E-state index is 13.8. The van der Waals surface area contributed by atoms with E-state index in [2.05, 4.69) is 5.32 Å². The maximum absolute atomic E-state index is 13.8. The molecule has 0 aliphatic heterocycles. The third kappa shape index (κ3) is 4.06. The molecule has 4 rings (SSSR count). The van der Waals surface area contributed by atoms with Crippen molar-refractivity contribution in [3.63, 3.8) is 0 Å². The molecule has 0 saturated heterocycles. The van der Waals surface area contributed by atoms with E-state index < -0.39 is 0 Å². The highest BCUT2D eigenvalue weighted by Crippen LogP contribution is 2.48. The molecule has 2 atom stereocenters. The van der Waals surface area contributed by atoms with Gasteiger partial charge in [0.15, 0.2) is 0 Å². The summed E-state index contributed by atoms with van der Waals surface area (Å²) in [5.41, 5.74) is 2.75. The summed E-state index contributed by atoms with van der Waals surface area (Å²) in [6.45, 7) is 0.801. The van der Waals surface area contributed by atoms with Gasteiger partial charge in [0.2, 0.25) is 5.91 Å².